The van der Waals surface area contributed by atoms with E-state index in [2.05, 4.69) is 4.98 Å². The predicted molar refractivity (Wildman–Crippen MR) is 98.2 cm³/mol. The van der Waals surface area contributed by atoms with Gasteiger partial charge in [-0.2, -0.15) is 0 Å². The van der Waals surface area contributed by atoms with Gasteiger partial charge in [0.2, 0.25) is 5.91 Å². The third-order valence-corrected chi connectivity index (χ3v) is 4.41. The molecule has 26 heavy (non-hydrogen) atoms. The highest BCUT2D eigenvalue weighted by Gasteiger charge is 2.13. The molecule has 1 aromatic heterocycles. The summed E-state index contributed by atoms with van der Waals surface area (Å²) in [5.41, 5.74) is 1.91. The van der Waals surface area contributed by atoms with E-state index in [4.69, 9.17) is 0 Å². The summed E-state index contributed by atoms with van der Waals surface area (Å²) in [6, 6.07) is 11.8. The maximum atomic E-state index is 13.7. The van der Waals surface area contributed by atoms with Gasteiger partial charge < -0.3 is 4.90 Å². The summed E-state index contributed by atoms with van der Waals surface area (Å²) in [5, 5.41) is 0.541. The van der Waals surface area contributed by atoms with E-state index < -0.39 is 0 Å². The monoisotopic (exact) mass is 353 g/mol. The molecule has 0 spiro atoms. The van der Waals surface area contributed by atoms with E-state index in [1.54, 1.807) is 31.3 Å². The quantitative estimate of drug-likeness (QED) is 0.709. The summed E-state index contributed by atoms with van der Waals surface area (Å²) in [7, 11) is 1.62. The van der Waals surface area contributed by atoms with Crippen LogP contribution in [0.25, 0.3) is 10.9 Å². The molecule has 0 aliphatic heterocycles. The average Bonchev–Trinajstić information content (AvgIpc) is 2.63. The molecule has 0 fully saturated rings. The Morgan fingerprint density at radius 3 is 2.73 bits per heavy atom. The summed E-state index contributed by atoms with van der Waals surface area (Å²) in [5.74, 6) is -0.498. The van der Waals surface area contributed by atoms with Gasteiger partial charge in [-0.1, -0.05) is 30.3 Å². The molecule has 2 aromatic carbocycles. The molecule has 1 heterocycles. The second kappa shape index (κ2) is 7.47. The fourth-order valence-electron chi connectivity index (χ4n) is 2.87. The van der Waals surface area contributed by atoms with Crippen LogP contribution in [0.15, 0.2) is 53.6 Å². The number of hydrogen-bond acceptors (Lipinski definition) is 3. The second-order valence-electron chi connectivity index (χ2n) is 6.31. The van der Waals surface area contributed by atoms with Crippen molar-refractivity contribution >= 4 is 16.8 Å². The number of halogens is 1. The Bertz CT molecular complexity index is 1010. The third-order valence-electron chi connectivity index (χ3n) is 4.41. The molecule has 0 atom stereocenters. The summed E-state index contributed by atoms with van der Waals surface area (Å²) in [4.78, 5) is 30.7. The van der Waals surface area contributed by atoms with E-state index in [0.29, 0.717) is 16.5 Å². The lowest BCUT2D eigenvalue weighted by Gasteiger charge is -2.18. The molecule has 0 unspecified atom stereocenters. The van der Waals surface area contributed by atoms with E-state index in [0.717, 1.165) is 5.56 Å². The zero-order chi connectivity index (χ0) is 18.7. The maximum absolute atomic E-state index is 13.7. The van der Waals surface area contributed by atoms with Crippen LogP contribution in [0.3, 0.4) is 0 Å². The summed E-state index contributed by atoms with van der Waals surface area (Å²) < 4.78 is 15.1. The third kappa shape index (κ3) is 3.64. The fourth-order valence-corrected chi connectivity index (χ4v) is 2.87. The summed E-state index contributed by atoms with van der Waals surface area (Å²) >= 11 is 0. The molecule has 0 bridgehead atoms. The number of rotatable bonds is 5. The highest BCUT2D eigenvalue weighted by atomic mass is 19.1. The van der Waals surface area contributed by atoms with Crippen LogP contribution in [0.4, 0.5) is 4.39 Å². The first kappa shape index (κ1) is 17.8. The van der Waals surface area contributed by atoms with Crippen LogP contribution in [0.5, 0.6) is 0 Å². The maximum Gasteiger partial charge on any atom is 0.261 e. The van der Waals surface area contributed by atoms with Crippen LogP contribution in [0.1, 0.15) is 17.5 Å². The molecule has 0 aliphatic carbocycles. The van der Waals surface area contributed by atoms with Gasteiger partial charge in [-0.25, -0.2) is 9.37 Å². The number of nitrogens with zero attached hydrogens (tertiary/aromatic N) is 3. The van der Waals surface area contributed by atoms with Gasteiger partial charge in [-0.15, -0.1) is 0 Å². The van der Waals surface area contributed by atoms with Crippen LogP contribution >= 0.6 is 0 Å². The average molecular weight is 353 g/mol. The van der Waals surface area contributed by atoms with Crippen molar-refractivity contribution in [2.24, 2.45) is 0 Å². The SMILES string of the molecule is Cc1cccc2c(=O)n(CCC(=O)N(C)Cc3ccccc3F)cnc12. The van der Waals surface area contributed by atoms with Crippen molar-refractivity contribution in [1.29, 1.82) is 0 Å². The topological polar surface area (TPSA) is 55.2 Å². The number of aryl methyl sites for hydroxylation is 2. The number of carbonyl (C=O) groups excluding carboxylic acids is 1. The Kier molecular flexibility index (Phi) is 5.11. The molecule has 5 nitrogen and oxygen atoms in total. The van der Waals surface area contributed by atoms with E-state index in [9.17, 15) is 14.0 Å². The van der Waals surface area contributed by atoms with Gasteiger partial charge in [-0.3, -0.25) is 14.2 Å². The number of amides is 1. The Labute approximate surface area is 150 Å². The molecule has 0 aliphatic rings. The minimum Gasteiger partial charge on any atom is -0.341 e. The molecule has 3 rings (SSSR count). The van der Waals surface area contributed by atoms with Crippen LogP contribution in [-0.4, -0.2) is 27.4 Å². The summed E-state index contributed by atoms with van der Waals surface area (Å²) in [6.07, 6.45) is 1.62. The van der Waals surface area contributed by atoms with Crippen molar-refractivity contribution in [3.8, 4) is 0 Å². The van der Waals surface area contributed by atoms with Crippen molar-refractivity contribution in [1.82, 2.24) is 14.5 Å². The highest BCUT2D eigenvalue weighted by Crippen LogP contribution is 2.12. The van der Waals surface area contributed by atoms with Crippen molar-refractivity contribution in [3.05, 3.63) is 76.1 Å². The van der Waals surface area contributed by atoms with Crippen molar-refractivity contribution in [3.63, 3.8) is 0 Å². The molecule has 3 aromatic rings. The van der Waals surface area contributed by atoms with E-state index in [1.165, 1.54) is 21.9 Å². The molecular formula is C20H20FN3O2. The predicted octanol–water partition coefficient (Wildman–Crippen LogP) is 2.89. The smallest absolute Gasteiger partial charge is 0.261 e. The number of hydrogen-bond donors (Lipinski definition) is 0. The molecular weight excluding hydrogens is 333 g/mol. The molecule has 0 N–H and O–H groups in total. The molecule has 0 saturated carbocycles. The van der Waals surface area contributed by atoms with E-state index in [1.807, 2.05) is 19.1 Å². The van der Waals surface area contributed by atoms with Crippen molar-refractivity contribution < 1.29 is 9.18 Å². The van der Waals surface area contributed by atoms with Crippen molar-refractivity contribution in [2.75, 3.05) is 7.05 Å². The standard InChI is InChI=1S/C20H20FN3O2/c1-14-6-5-8-16-19(14)22-13-24(20(16)26)11-10-18(25)23(2)12-15-7-3-4-9-17(15)21/h3-9,13H,10-12H2,1-2H3. The van der Waals surface area contributed by atoms with Gasteiger partial charge >= 0.3 is 0 Å². The largest absolute Gasteiger partial charge is 0.341 e. The van der Waals surface area contributed by atoms with E-state index in [-0.39, 0.29) is 36.8 Å². The first-order valence-corrected chi connectivity index (χ1v) is 8.39. The molecule has 0 saturated heterocycles. The van der Waals surface area contributed by atoms with Gasteiger partial charge in [0.05, 0.1) is 17.2 Å². The highest BCUT2D eigenvalue weighted by molar-refractivity contribution is 5.80. The molecule has 134 valence electrons. The van der Waals surface area contributed by atoms with Gasteiger partial charge in [-0.05, 0) is 24.6 Å². The lowest BCUT2D eigenvalue weighted by molar-refractivity contribution is -0.130. The van der Waals surface area contributed by atoms with Gasteiger partial charge in [0.15, 0.2) is 0 Å². The molecule has 1 amide bonds. The molecule has 0 radical (unpaired) electrons. The van der Waals surface area contributed by atoms with Crippen LogP contribution < -0.4 is 5.56 Å². The second-order valence-corrected chi connectivity index (χ2v) is 6.31. The van der Waals surface area contributed by atoms with E-state index >= 15 is 0 Å². The minimum absolute atomic E-state index is 0.143. The molecule has 6 heteroatoms. The number of benzene rings is 2. The zero-order valence-corrected chi connectivity index (χ0v) is 14.8. The fraction of sp³-hybridized carbons (Fsp3) is 0.250. The lowest BCUT2D eigenvalue weighted by Crippen LogP contribution is -2.29. The number of fused-ring (bicyclic) bond motifs is 1. The Morgan fingerprint density at radius 2 is 1.96 bits per heavy atom. The minimum atomic E-state index is -0.336. The number of para-hydroxylation sites is 1. The first-order chi connectivity index (χ1) is 12.5. The Hall–Kier alpha value is -3.02. The van der Waals surface area contributed by atoms with Crippen LogP contribution in [0.2, 0.25) is 0 Å². The van der Waals surface area contributed by atoms with Gasteiger partial charge in [0.1, 0.15) is 5.82 Å². The first-order valence-electron chi connectivity index (χ1n) is 8.39. The van der Waals surface area contributed by atoms with Gasteiger partial charge in [0.25, 0.3) is 5.56 Å². The lowest BCUT2D eigenvalue weighted by atomic mass is 10.1. The normalized spacial score (nSPS) is 10.9. The summed E-state index contributed by atoms with van der Waals surface area (Å²) in [6.45, 7) is 2.33. The zero-order valence-electron chi connectivity index (χ0n) is 14.8. The Balaban J connectivity index is 1.70. The number of carbonyl (C=O) groups is 1. The van der Waals surface area contributed by atoms with Crippen LogP contribution in [0, 0.1) is 12.7 Å². The van der Waals surface area contributed by atoms with Gasteiger partial charge in [0, 0.05) is 32.1 Å². The van der Waals surface area contributed by atoms with Crippen LogP contribution in [-0.2, 0) is 17.9 Å². The number of aromatic nitrogens is 2. The Morgan fingerprint density at radius 1 is 1.19 bits per heavy atom. The van der Waals surface area contributed by atoms with Crippen molar-refractivity contribution in [2.45, 2.75) is 26.4 Å².